The molecular formula is C49H31NO2. The van der Waals surface area contributed by atoms with Crippen molar-refractivity contribution >= 4 is 39.0 Å². The first-order chi connectivity index (χ1) is 25.8. The first kappa shape index (κ1) is 28.9. The highest BCUT2D eigenvalue weighted by Crippen LogP contribution is 2.62. The average molecular weight is 666 g/mol. The maximum absolute atomic E-state index is 6.75. The molecule has 0 radical (unpaired) electrons. The standard InChI is InChI=1S/C49H31NO2/c1-3-13-32(14-4-1)33-23-25-35(26-24-33)50(34-15-5-2-6-16-34)36-27-28-45-39(29-36)40-30-38-37-17-7-8-18-41(37)49(44(38)31-48(40)51-45)42-19-9-11-21-46(42)52-47-22-12-10-20-43(47)49/h1-31H. The van der Waals surface area contributed by atoms with Gasteiger partial charge in [0, 0.05) is 39.0 Å². The lowest BCUT2D eigenvalue weighted by atomic mass is 9.66. The molecule has 8 aromatic carbocycles. The molecule has 3 heteroatoms. The SMILES string of the molecule is c1ccc(-c2ccc(N(c3ccccc3)c3ccc4oc5cc6c(cc5c4c3)-c3ccccc3C63c4ccccc4Oc4ccccc43)cc2)cc1. The summed E-state index contributed by atoms with van der Waals surface area (Å²) >= 11 is 0. The van der Waals surface area contributed by atoms with Crippen LogP contribution >= 0.6 is 0 Å². The summed E-state index contributed by atoms with van der Waals surface area (Å²) < 4.78 is 13.3. The molecular weight excluding hydrogens is 635 g/mol. The Morgan fingerprint density at radius 2 is 0.923 bits per heavy atom. The van der Waals surface area contributed by atoms with Gasteiger partial charge in [-0.2, -0.15) is 0 Å². The van der Waals surface area contributed by atoms with Crippen LogP contribution in [0.3, 0.4) is 0 Å². The molecule has 2 heterocycles. The molecule has 2 aliphatic rings. The van der Waals surface area contributed by atoms with Gasteiger partial charge in [-0.15, -0.1) is 0 Å². The molecule has 3 nitrogen and oxygen atoms in total. The summed E-state index contributed by atoms with van der Waals surface area (Å²) in [6, 6.07) is 66.9. The summed E-state index contributed by atoms with van der Waals surface area (Å²) in [7, 11) is 0. The third-order valence-corrected chi connectivity index (χ3v) is 10.9. The lowest BCUT2D eigenvalue weighted by Crippen LogP contribution is -2.32. The summed E-state index contributed by atoms with van der Waals surface area (Å²) in [5, 5.41) is 2.19. The molecule has 0 saturated carbocycles. The fourth-order valence-electron chi connectivity index (χ4n) is 8.71. The Hall–Kier alpha value is -6.84. The fraction of sp³-hybridized carbons (Fsp3) is 0.0204. The maximum Gasteiger partial charge on any atom is 0.135 e. The van der Waals surface area contributed by atoms with Crippen LogP contribution in [0.1, 0.15) is 22.3 Å². The lowest BCUT2D eigenvalue weighted by Gasteiger charge is -2.39. The summed E-state index contributed by atoms with van der Waals surface area (Å²) in [5.74, 6) is 1.77. The first-order valence-corrected chi connectivity index (χ1v) is 17.8. The van der Waals surface area contributed by atoms with Crippen molar-refractivity contribution in [3.63, 3.8) is 0 Å². The smallest absolute Gasteiger partial charge is 0.135 e. The van der Waals surface area contributed by atoms with Crippen molar-refractivity contribution in [3.05, 3.63) is 210 Å². The Kier molecular flexibility index (Phi) is 6.17. The Morgan fingerprint density at radius 1 is 0.365 bits per heavy atom. The van der Waals surface area contributed by atoms with Crippen molar-refractivity contribution in [1.82, 2.24) is 0 Å². The number of fused-ring (bicyclic) bond motifs is 12. The number of benzene rings is 8. The summed E-state index contributed by atoms with van der Waals surface area (Å²) in [6.07, 6.45) is 0. The molecule has 244 valence electrons. The van der Waals surface area contributed by atoms with Crippen molar-refractivity contribution in [1.29, 1.82) is 0 Å². The van der Waals surface area contributed by atoms with E-state index in [1.807, 2.05) is 0 Å². The number of ether oxygens (including phenoxy) is 1. The molecule has 1 spiro atoms. The second kappa shape index (κ2) is 11.1. The zero-order chi connectivity index (χ0) is 34.2. The van der Waals surface area contributed by atoms with Crippen LogP contribution in [-0.4, -0.2) is 0 Å². The molecule has 0 bridgehead atoms. The third-order valence-electron chi connectivity index (χ3n) is 10.9. The lowest BCUT2D eigenvalue weighted by molar-refractivity contribution is 0.436. The Balaban J connectivity index is 1.12. The van der Waals surface area contributed by atoms with E-state index in [0.29, 0.717) is 0 Å². The van der Waals surface area contributed by atoms with Crippen molar-refractivity contribution < 1.29 is 9.15 Å². The molecule has 0 amide bonds. The summed E-state index contributed by atoms with van der Waals surface area (Å²) in [6.45, 7) is 0. The molecule has 0 fully saturated rings. The molecule has 0 N–H and O–H groups in total. The zero-order valence-corrected chi connectivity index (χ0v) is 28.2. The minimum absolute atomic E-state index is 0.536. The van der Waals surface area contributed by atoms with Crippen molar-refractivity contribution in [2.45, 2.75) is 5.41 Å². The highest BCUT2D eigenvalue weighted by Gasteiger charge is 2.51. The van der Waals surface area contributed by atoms with E-state index in [-0.39, 0.29) is 0 Å². The van der Waals surface area contributed by atoms with Crippen LogP contribution in [0.2, 0.25) is 0 Å². The molecule has 0 saturated heterocycles. The Bertz CT molecular complexity index is 2770. The van der Waals surface area contributed by atoms with E-state index in [0.717, 1.165) is 61.6 Å². The average Bonchev–Trinajstić information content (AvgIpc) is 3.71. The number of hydrogen-bond donors (Lipinski definition) is 0. The number of para-hydroxylation sites is 3. The van der Waals surface area contributed by atoms with Crippen LogP contribution in [-0.2, 0) is 5.41 Å². The van der Waals surface area contributed by atoms with Crippen molar-refractivity contribution in [3.8, 4) is 33.8 Å². The maximum atomic E-state index is 6.75. The molecule has 1 aliphatic heterocycles. The van der Waals surface area contributed by atoms with Crippen molar-refractivity contribution in [2.24, 2.45) is 0 Å². The van der Waals surface area contributed by atoms with Crippen LogP contribution < -0.4 is 9.64 Å². The first-order valence-electron chi connectivity index (χ1n) is 17.8. The summed E-state index contributed by atoms with van der Waals surface area (Å²) in [4.78, 5) is 2.32. The minimum atomic E-state index is -0.536. The highest BCUT2D eigenvalue weighted by atomic mass is 16.5. The second-order valence-electron chi connectivity index (χ2n) is 13.7. The van der Waals surface area contributed by atoms with Gasteiger partial charge >= 0.3 is 0 Å². The van der Waals surface area contributed by atoms with Crippen LogP contribution in [0.15, 0.2) is 192 Å². The minimum Gasteiger partial charge on any atom is -0.457 e. The molecule has 0 atom stereocenters. The third kappa shape index (κ3) is 4.08. The number of hydrogen-bond acceptors (Lipinski definition) is 3. The molecule has 1 aromatic heterocycles. The second-order valence-corrected chi connectivity index (χ2v) is 13.7. The van der Waals surface area contributed by atoms with Gasteiger partial charge in [-0.05, 0) is 100 Å². The van der Waals surface area contributed by atoms with Crippen LogP contribution in [0.4, 0.5) is 17.1 Å². The van der Waals surface area contributed by atoms with Gasteiger partial charge in [0.2, 0.25) is 0 Å². The largest absolute Gasteiger partial charge is 0.457 e. The van der Waals surface area contributed by atoms with E-state index in [9.17, 15) is 0 Å². The predicted octanol–water partition coefficient (Wildman–Crippen LogP) is 13.2. The van der Waals surface area contributed by atoms with E-state index < -0.39 is 5.41 Å². The topological polar surface area (TPSA) is 25.6 Å². The predicted molar refractivity (Wildman–Crippen MR) is 211 cm³/mol. The van der Waals surface area contributed by atoms with E-state index in [1.54, 1.807) is 0 Å². The highest BCUT2D eigenvalue weighted by molar-refractivity contribution is 6.09. The molecule has 1 aliphatic carbocycles. The number of anilines is 3. The van der Waals surface area contributed by atoms with Crippen LogP contribution in [0, 0.1) is 0 Å². The Morgan fingerprint density at radius 3 is 1.65 bits per heavy atom. The van der Waals surface area contributed by atoms with Gasteiger partial charge in [0.05, 0.1) is 5.41 Å². The monoisotopic (exact) mass is 665 g/mol. The molecule has 9 aromatic rings. The summed E-state index contributed by atoms with van der Waals surface area (Å²) in [5.41, 5.74) is 14.1. The van der Waals surface area contributed by atoms with Gasteiger partial charge in [0.15, 0.2) is 0 Å². The van der Waals surface area contributed by atoms with Gasteiger partial charge < -0.3 is 14.1 Å². The Labute approximate surface area is 301 Å². The molecule has 11 rings (SSSR count). The van der Waals surface area contributed by atoms with Gasteiger partial charge in [-0.25, -0.2) is 0 Å². The molecule has 52 heavy (non-hydrogen) atoms. The molecule has 0 unspecified atom stereocenters. The van der Waals surface area contributed by atoms with Gasteiger partial charge in [0.1, 0.15) is 22.7 Å². The van der Waals surface area contributed by atoms with E-state index in [2.05, 4.69) is 193 Å². The van der Waals surface area contributed by atoms with Gasteiger partial charge in [0.25, 0.3) is 0 Å². The van der Waals surface area contributed by atoms with Gasteiger partial charge in [-0.3, -0.25) is 0 Å². The van der Waals surface area contributed by atoms with E-state index in [1.165, 1.54) is 33.4 Å². The number of nitrogens with zero attached hydrogens (tertiary/aromatic N) is 1. The number of rotatable bonds is 4. The van der Waals surface area contributed by atoms with Crippen LogP contribution in [0.25, 0.3) is 44.2 Å². The quantitative estimate of drug-likeness (QED) is 0.187. The number of furan rings is 1. The normalized spacial score (nSPS) is 13.3. The van der Waals surface area contributed by atoms with E-state index in [4.69, 9.17) is 9.15 Å². The zero-order valence-electron chi connectivity index (χ0n) is 28.2. The fourth-order valence-corrected chi connectivity index (χ4v) is 8.71. The van der Waals surface area contributed by atoms with Crippen molar-refractivity contribution in [2.75, 3.05) is 4.90 Å². The van der Waals surface area contributed by atoms with Gasteiger partial charge in [-0.1, -0.05) is 121 Å². The van der Waals surface area contributed by atoms with Crippen LogP contribution in [0.5, 0.6) is 11.5 Å². The van der Waals surface area contributed by atoms with E-state index >= 15 is 0 Å².